The number of nitrogens with zero attached hydrogens (tertiary/aromatic N) is 2. The Labute approximate surface area is 116 Å². The maximum absolute atomic E-state index is 12.4. The van der Waals surface area contributed by atoms with Gasteiger partial charge in [-0.2, -0.15) is 9.40 Å². The van der Waals surface area contributed by atoms with Gasteiger partial charge in [0.25, 0.3) is 10.0 Å². The van der Waals surface area contributed by atoms with Crippen LogP contribution < -0.4 is 0 Å². The molecule has 1 saturated heterocycles. The molecule has 0 bridgehead atoms. The molecule has 0 saturated carbocycles. The maximum atomic E-state index is 12.4. The number of aliphatic hydroxyl groups excluding tert-OH is 1. The van der Waals surface area contributed by atoms with Gasteiger partial charge in [-0.25, -0.2) is 13.2 Å². The summed E-state index contributed by atoms with van der Waals surface area (Å²) in [5.41, 5.74) is -0.359. The first-order valence-corrected chi connectivity index (χ1v) is 7.73. The number of nitrogens with one attached hydrogen (secondary N) is 1. The molecule has 2 heterocycles. The van der Waals surface area contributed by atoms with Crippen molar-refractivity contribution in [3.8, 4) is 0 Å². The van der Waals surface area contributed by atoms with Crippen LogP contribution in [0.4, 0.5) is 0 Å². The highest BCUT2D eigenvalue weighted by Gasteiger charge is 2.34. The van der Waals surface area contributed by atoms with Gasteiger partial charge in [0.15, 0.2) is 5.03 Å². The number of hydrogen-bond donors (Lipinski definition) is 3. The lowest BCUT2D eigenvalue weighted by molar-refractivity contribution is 0.0692. The summed E-state index contributed by atoms with van der Waals surface area (Å²) in [4.78, 5) is 11.0. The molecule has 2 rings (SSSR count). The SMILES string of the molecule is CC(O)C1CCN(S(=O)(=O)c2[nH]ncc2C(=O)O)CC1. The summed E-state index contributed by atoms with van der Waals surface area (Å²) in [6.45, 7) is 2.21. The first kappa shape index (κ1) is 14.9. The van der Waals surface area contributed by atoms with Crippen molar-refractivity contribution in [2.75, 3.05) is 13.1 Å². The molecule has 8 nitrogen and oxygen atoms in total. The zero-order valence-electron chi connectivity index (χ0n) is 11.0. The van der Waals surface area contributed by atoms with Gasteiger partial charge in [-0.15, -0.1) is 0 Å². The number of carboxylic acid groups (broad SMARTS) is 1. The van der Waals surface area contributed by atoms with E-state index in [-0.39, 0.29) is 29.6 Å². The molecule has 1 unspecified atom stereocenters. The van der Waals surface area contributed by atoms with Gasteiger partial charge in [0.2, 0.25) is 0 Å². The molecular weight excluding hydrogens is 286 g/mol. The summed E-state index contributed by atoms with van der Waals surface area (Å²) in [5.74, 6) is -1.27. The van der Waals surface area contributed by atoms with Gasteiger partial charge < -0.3 is 10.2 Å². The quantitative estimate of drug-likeness (QED) is 0.713. The molecule has 20 heavy (non-hydrogen) atoms. The molecule has 9 heteroatoms. The van der Waals surface area contributed by atoms with Crippen LogP contribution in [0.2, 0.25) is 0 Å². The smallest absolute Gasteiger partial charge is 0.340 e. The summed E-state index contributed by atoms with van der Waals surface area (Å²) < 4.78 is 26.0. The van der Waals surface area contributed by atoms with Crippen molar-refractivity contribution in [2.24, 2.45) is 5.92 Å². The minimum Gasteiger partial charge on any atom is -0.478 e. The Kier molecular flexibility index (Phi) is 4.11. The van der Waals surface area contributed by atoms with E-state index in [4.69, 9.17) is 5.11 Å². The van der Waals surface area contributed by atoms with Crippen LogP contribution in [-0.2, 0) is 10.0 Å². The molecule has 1 aliphatic heterocycles. The minimum absolute atomic E-state index is 0.0714. The normalized spacial score (nSPS) is 19.9. The second-order valence-electron chi connectivity index (χ2n) is 4.90. The van der Waals surface area contributed by atoms with Crippen LogP contribution in [0.25, 0.3) is 0 Å². The fourth-order valence-corrected chi connectivity index (χ4v) is 3.89. The van der Waals surface area contributed by atoms with Crippen LogP contribution in [0.15, 0.2) is 11.2 Å². The Morgan fingerprint density at radius 1 is 1.50 bits per heavy atom. The van der Waals surface area contributed by atoms with E-state index < -0.39 is 22.1 Å². The predicted octanol–water partition coefficient (Wildman–Crippen LogP) is -0.111. The van der Waals surface area contributed by atoms with E-state index in [1.807, 2.05) is 0 Å². The van der Waals surface area contributed by atoms with E-state index in [1.54, 1.807) is 6.92 Å². The third-order valence-electron chi connectivity index (χ3n) is 3.61. The fourth-order valence-electron chi connectivity index (χ4n) is 2.35. The van der Waals surface area contributed by atoms with E-state index in [0.29, 0.717) is 12.8 Å². The maximum Gasteiger partial charge on any atom is 0.340 e. The van der Waals surface area contributed by atoms with Crippen molar-refractivity contribution in [1.29, 1.82) is 0 Å². The number of aromatic nitrogens is 2. The summed E-state index contributed by atoms with van der Waals surface area (Å²) in [6.07, 6.45) is 1.61. The Bertz CT molecular complexity index is 587. The summed E-state index contributed by atoms with van der Waals surface area (Å²) >= 11 is 0. The number of carboxylic acids is 1. The van der Waals surface area contributed by atoms with Gasteiger partial charge in [0.05, 0.1) is 12.3 Å². The van der Waals surface area contributed by atoms with Crippen LogP contribution in [0.3, 0.4) is 0 Å². The lowest BCUT2D eigenvalue weighted by Gasteiger charge is -2.32. The van der Waals surface area contributed by atoms with Crippen molar-refractivity contribution in [3.63, 3.8) is 0 Å². The van der Waals surface area contributed by atoms with Gasteiger partial charge in [-0.3, -0.25) is 5.10 Å². The molecule has 0 amide bonds. The molecule has 1 fully saturated rings. The van der Waals surface area contributed by atoms with E-state index in [9.17, 15) is 18.3 Å². The average Bonchev–Trinajstić information content (AvgIpc) is 2.89. The van der Waals surface area contributed by atoms with Crippen molar-refractivity contribution < 1.29 is 23.4 Å². The standard InChI is InChI=1S/C11H17N3O5S/c1-7(15)8-2-4-14(5-3-8)20(18,19)10-9(11(16)17)6-12-13-10/h6-8,15H,2-5H2,1H3,(H,12,13)(H,16,17). The van der Waals surface area contributed by atoms with Gasteiger partial charge in [-0.05, 0) is 25.7 Å². The fraction of sp³-hybridized carbons (Fsp3) is 0.636. The van der Waals surface area contributed by atoms with Crippen LogP contribution >= 0.6 is 0 Å². The first-order valence-electron chi connectivity index (χ1n) is 6.29. The molecule has 0 spiro atoms. The van der Waals surface area contributed by atoms with Crippen molar-refractivity contribution in [2.45, 2.75) is 30.9 Å². The number of H-pyrrole nitrogens is 1. The number of aromatic carboxylic acids is 1. The Morgan fingerprint density at radius 3 is 2.60 bits per heavy atom. The van der Waals surface area contributed by atoms with Crippen molar-refractivity contribution in [3.05, 3.63) is 11.8 Å². The zero-order chi connectivity index (χ0) is 14.9. The van der Waals surface area contributed by atoms with E-state index in [1.165, 1.54) is 4.31 Å². The molecule has 1 atom stereocenters. The second-order valence-corrected chi connectivity index (χ2v) is 6.77. The van der Waals surface area contributed by atoms with E-state index >= 15 is 0 Å². The first-order chi connectivity index (χ1) is 9.34. The average molecular weight is 303 g/mol. The largest absolute Gasteiger partial charge is 0.478 e. The second kappa shape index (κ2) is 5.51. The van der Waals surface area contributed by atoms with Gasteiger partial charge in [-0.1, -0.05) is 0 Å². The zero-order valence-corrected chi connectivity index (χ0v) is 11.8. The minimum atomic E-state index is -3.89. The predicted molar refractivity (Wildman–Crippen MR) is 68.7 cm³/mol. The lowest BCUT2D eigenvalue weighted by Crippen LogP contribution is -2.41. The van der Waals surface area contributed by atoms with Gasteiger partial charge in [0.1, 0.15) is 5.56 Å². The highest BCUT2D eigenvalue weighted by molar-refractivity contribution is 7.89. The van der Waals surface area contributed by atoms with Crippen molar-refractivity contribution >= 4 is 16.0 Å². The number of carbonyl (C=O) groups is 1. The lowest BCUT2D eigenvalue weighted by atomic mass is 9.93. The van der Waals surface area contributed by atoms with E-state index in [0.717, 1.165) is 6.20 Å². The number of piperidine rings is 1. The molecule has 112 valence electrons. The van der Waals surface area contributed by atoms with Crippen LogP contribution in [-0.4, -0.2) is 58.3 Å². The Morgan fingerprint density at radius 2 is 2.10 bits per heavy atom. The van der Waals surface area contributed by atoms with Crippen LogP contribution in [0.1, 0.15) is 30.1 Å². The molecule has 1 aromatic heterocycles. The Hall–Kier alpha value is -1.45. The van der Waals surface area contributed by atoms with Crippen LogP contribution in [0, 0.1) is 5.92 Å². The Balaban J connectivity index is 2.20. The molecule has 1 aliphatic rings. The third kappa shape index (κ3) is 2.69. The molecule has 1 aromatic rings. The number of aromatic amines is 1. The molecule has 0 aromatic carbocycles. The number of rotatable bonds is 4. The number of hydrogen-bond acceptors (Lipinski definition) is 5. The highest BCUT2D eigenvalue weighted by Crippen LogP contribution is 2.26. The van der Waals surface area contributed by atoms with Gasteiger partial charge >= 0.3 is 5.97 Å². The topological polar surface area (TPSA) is 124 Å². The van der Waals surface area contributed by atoms with E-state index in [2.05, 4.69) is 10.2 Å². The van der Waals surface area contributed by atoms with Crippen LogP contribution in [0.5, 0.6) is 0 Å². The molecule has 0 radical (unpaired) electrons. The third-order valence-corrected chi connectivity index (χ3v) is 5.49. The van der Waals surface area contributed by atoms with Crippen molar-refractivity contribution in [1.82, 2.24) is 14.5 Å². The molecular formula is C11H17N3O5S. The molecule has 0 aliphatic carbocycles. The number of aliphatic hydroxyl groups is 1. The summed E-state index contributed by atoms with van der Waals surface area (Å²) in [5, 5.41) is 23.8. The highest BCUT2D eigenvalue weighted by atomic mass is 32.2. The monoisotopic (exact) mass is 303 g/mol. The summed E-state index contributed by atoms with van der Waals surface area (Å²) in [6, 6.07) is 0. The summed E-state index contributed by atoms with van der Waals surface area (Å²) in [7, 11) is -3.89. The van der Waals surface area contributed by atoms with Gasteiger partial charge in [0, 0.05) is 13.1 Å². The molecule has 3 N–H and O–H groups in total. The number of sulfonamides is 1.